The third-order valence-electron chi connectivity index (χ3n) is 4.47. The molecule has 0 saturated heterocycles. The molecule has 0 heterocycles. The number of hydrogen-bond donors (Lipinski definition) is 0. The highest BCUT2D eigenvalue weighted by Crippen LogP contribution is 2.36. The molecule has 0 N–H and O–H groups in total. The fourth-order valence-electron chi connectivity index (χ4n) is 3.23. The number of carbonyl (C=O) groups is 1. The average Bonchev–Trinajstić information content (AvgIpc) is 3.12. The molecule has 22 heavy (non-hydrogen) atoms. The molecule has 4 nitrogen and oxygen atoms in total. The maximum absolute atomic E-state index is 12.9. The standard InChI is InChI=1S/C16H20ClNO3S/c1-22(20,21)15-10-11(6-9-14(15)17)16(19)18(13-7-8-13)12-4-2-3-5-12/h6,9-10,12-13H,2-5,7-8H2,1H3. The van der Waals surface area contributed by atoms with Crippen molar-refractivity contribution in [1.29, 1.82) is 0 Å². The van der Waals surface area contributed by atoms with E-state index in [1.807, 2.05) is 4.90 Å². The molecule has 120 valence electrons. The predicted octanol–water partition coefficient (Wildman–Crippen LogP) is 3.29. The van der Waals surface area contributed by atoms with E-state index in [1.54, 1.807) is 6.07 Å². The summed E-state index contributed by atoms with van der Waals surface area (Å²) in [5.74, 6) is -0.0593. The molecule has 0 aliphatic heterocycles. The maximum Gasteiger partial charge on any atom is 0.254 e. The topological polar surface area (TPSA) is 54.5 Å². The molecule has 0 radical (unpaired) electrons. The van der Waals surface area contributed by atoms with Gasteiger partial charge in [0, 0.05) is 23.9 Å². The van der Waals surface area contributed by atoms with Crippen molar-refractivity contribution in [2.24, 2.45) is 0 Å². The molecule has 0 spiro atoms. The highest BCUT2D eigenvalue weighted by molar-refractivity contribution is 7.90. The van der Waals surface area contributed by atoms with Gasteiger partial charge in [0.15, 0.2) is 9.84 Å². The number of benzene rings is 1. The van der Waals surface area contributed by atoms with Gasteiger partial charge in [-0.25, -0.2) is 8.42 Å². The zero-order chi connectivity index (χ0) is 15.9. The number of rotatable bonds is 4. The summed E-state index contributed by atoms with van der Waals surface area (Å²) >= 11 is 5.96. The quantitative estimate of drug-likeness (QED) is 0.844. The lowest BCUT2D eigenvalue weighted by molar-refractivity contribution is 0.0664. The molecular formula is C16H20ClNO3S. The van der Waals surface area contributed by atoms with Crippen molar-refractivity contribution < 1.29 is 13.2 Å². The molecular weight excluding hydrogens is 322 g/mol. The fraction of sp³-hybridized carbons (Fsp3) is 0.562. The van der Waals surface area contributed by atoms with Crippen molar-refractivity contribution in [3.05, 3.63) is 28.8 Å². The van der Waals surface area contributed by atoms with Gasteiger partial charge in [0.2, 0.25) is 0 Å². The Morgan fingerprint density at radius 3 is 2.27 bits per heavy atom. The molecule has 1 aromatic rings. The van der Waals surface area contributed by atoms with E-state index in [2.05, 4.69) is 0 Å². The lowest BCUT2D eigenvalue weighted by Gasteiger charge is -2.29. The first-order valence-electron chi connectivity index (χ1n) is 7.70. The van der Waals surface area contributed by atoms with Crippen LogP contribution in [-0.2, 0) is 9.84 Å². The predicted molar refractivity (Wildman–Crippen MR) is 86.0 cm³/mol. The second kappa shape index (κ2) is 5.85. The SMILES string of the molecule is CS(=O)(=O)c1cc(C(=O)N(C2CCCC2)C2CC2)ccc1Cl. The Hall–Kier alpha value is -1.07. The van der Waals surface area contributed by atoms with Gasteiger partial charge in [-0.3, -0.25) is 4.79 Å². The van der Waals surface area contributed by atoms with Crippen LogP contribution in [0.15, 0.2) is 23.1 Å². The fourth-order valence-corrected chi connectivity index (χ4v) is 4.54. The molecule has 2 saturated carbocycles. The Morgan fingerprint density at radius 2 is 1.73 bits per heavy atom. The monoisotopic (exact) mass is 341 g/mol. The van der Waals surface area contributed by atoms with Crippen LogP contribution in [-0.4, -0.2) is 37.6 Å². The molecule has 2 aliphatic carbocycles. The second-order valence-electron chi connectivity index (χ2n) is 6.30. The Morgan fingerprint density at radius 1 is 1.14 bits per heavy atom. The molecule has 0 unspecified atom stereocenters. The summed E-state index contributed by atoms with van der Waals surface area (Å²) in [7, 11) is -3.44. The number of halogens is 1. The van der Waals surface area contributed by atoms with Crippen LogP contribution >= 0.6 is 11.6 Å². The first-order valence-corrected chi connectivity index (χ1v) is 9.97. The molecule has 2 fully saturated rings. The third-order valence-corrected chi connectivity index (χ3v) is 6.05. The van der Waals surface area contributed by atoms with Crippen LogP contribution in [0.2, 0.25) is 5.02 Å². The molecule has 3 rings (SSSR count). The van der Waals surface area contributed by atoms with Crippen molar-refractivity contribution in [3.63, 3.8) is 0 Å². The maximum atomic E-state index is 12.9. The lowest BCUT2D eigenvalue weighted by atomic mass is 10.1. The van der Waals surface area contributed by atoms with Crippen LogP contribution < -0.4 is 0 Å². The Labute approximate surface area is 136 Å². The van der Waals surface area contributed by atoms with Crippen molar-refractivity contribution in [1.82, 2.24) is 4.90 Å². The van der Waals surface area contributed by atoms with E-state index in [4.69, 9.17) is 11.6 Å². The highest BCUT2D eigenvalue weighted by Gasteiger charge is 2.38. The lowest BCUT2D eigenvalue weighted by Crippen LogP contribution is -2.40. The summed E-state index contributed by atoms with van der Waals surface area (Å²) in [5.41, 5.74) is 0.420. The number of sulfone groups is 1. The normalized spacial score (nSPS) is 19.4. The van der Waals surface area contributed by atoms with Crippen LogP contribution in [0.1, 0.15) is 48.9 Å². The van der Waals surface area contributed by atoms with Gasteiger partial charge in [-0.2, -0.15) is 0 Å². The first-order chi connectivity index (χ1) is 10.4. The van der Waals surface area contributed by atoms with Crippen molar-refractivity contribution in [3.8, 4) is 0 Å². The Kier molecular flexibility index (Phi) is 4.21. The zero-order valence-electron chi connectivity index (χ0n) is 12.6. The van der Waals surface area contributed by atoms with E-state index in [0.29, 0.717) is 17.6 Å². The molecule has 1 amide bonds. The van der Waals surface area contributed by atoms with Gasteiger partial charge >= 0.3 is 0 Å². The molecule has 6 heteroatoms. The van der Waals surface area contributed by atoms with Crippen LogP contribution in [0.3, 0.4) is 0 Å². The van der Waals surface area contributed by atoms with Gasteiger partial charge in [-0.15, -0.1) is 0 Å². The molecule has 0 bridgehead atoms. The largest absolute Gasteiger partial charge is 0.333 e. The van der Waals surface area contributed by atoms with Gasteiger partial charge < -0.3 is 4.90 Å². The molecule has 2 aliphatic rings. The molecule has 0 aromatic heterocycles. The number of carbonyl (C=O) groups excluding carboxylic acids is 1. The van der Waals surface area contributed by atoms with Gasteiger partial charge in [-0.1, -0.05) is 24.4 Å². The van der Waals surface area contributed by atoms with E-state index in [-0.39, 0.29) is 15.8 Å². The summed E-state index contributed by atoms with van der Waals surface area (Å²) in [4.78, 5) is 14.9. The van der Waals surface area contributed by atoms with Crippen LogP contribution in [0.4, 0.5) is 0 Å². The van der Waals surface area contributed by atoms with E-state index >= 15 is 0 Å². The van der Waals surface area contributed by atoms with Crippen LogP contribution in [0.25, 0.3) is 0 Å². The second-order valence-corrected chi connectivity index (χ2v) is 8.69. The van der Waals surface area contributed by atoms with Crippen LogP contribution in [0.5, 0.6) is 0 Å². The van der Waals surface area contributed by atoms with Gasteiger partial charge in [0.25, 0.3) is 5.91 Å². The summed E-state index contributed by atoms with van der Waals surface area (Å²) in [6, 6.07) is 5.18. The molecule has 1 aromatic carbocycles. The van der Waals surface area contributed by atoms with E-state index in [0.717, 1.165) is 44.8 Å². The minimum Gasteiger partial charge on any atom is -0.333 e. The van der Waals surface area contributed by atoms with Gasteiger partial charge in [0.05, 0.1) is 9.92 Å². The summed E-state index contributed by atoms with van der Waals surface area (Å²) < 4.78 is 23.6. The summed E-state index contributed by atoms with van der Waals surface area (Å²) in [6.45, 7) is 0. The van der Waals surface area contributed by atoms with Crippen molar-refractivity contribution >= 4 is 27.3 Å². The minimum absolute atomic E-state index is 0.0298. The Balaban J connectivity index is 1.93. The van der Waals surface area contributed by atoms with E-state index < -0.39 is 9.84 Å². The average molecular weight is 342 g/mol. The molecule has 0 atom stereocenters. The van der Waals surface area contributed by atoms with Gasteiger partial charge in [0.1, 0.15) is 0 Å². The zero-order valence-corrected chi connectivity index (χ0v) is 14.2. The number of amides is 1. The first kappa shape index (κ1) is 15.8. The smallest absolute Gasteiger partial charge is 0.254 e. The summed E-state index contributed by atoms with van der Waals surface area (Å²) in [6.07, 6.45) is 7.64. The van der Waals surface area contributed by atoms with Crippen molar-refractivity contribution in [2.45, 2.75) is 55.5 Å². The minimum atomic E-state index is -3.44. The highest BCUT2D eigenvalue weighted by atomic mass is 35.5. The van der Waals surface area contributed by atoms with E-state index in [9.17, 15) is 13.2 Å². The van der Waals surface area contributed by atoms with E-state index in [1.165, 1.54) is 12.1 Å². The Bertz CT molecular complexity index is 691. The summed E-state index contributed by atoms with van der Waals surface area (Å²) in [5, 5.41) is 0.165. The third kappa shape index (κ3) is 3.15. The number of hydrogen-bond acceptors (Lipinski definition) is 3. The van der Waals surface area contributed by atoms with Gasteiger partial charge in [-0.05, 0) is 43.9 Å². The number of nitrogens with zero attached hydrogens (tertiary/aromatic N) is 1. The van der Waals surface area contributed by atoms with Crippen LogP contribution in [0, 0.1) is 0 Å². The van der Waals surface area contributed by atoms with Crippen molar-refractivity contribution in [2.75, 3.05) is 6.26 Å².